The van der Waals surface area contributed by atoms with Gasteiger partial charge < -0.3 is 10.6 Å². The smallest absolute Gasteiger partial charge is 0.256 e. The van der Waals surface area contributed by atoms with Gasteiger partial charge >= 0.3 is 0 Å². The number of hydrogen-bond acceptors (Lipinski definition) is 2. The van der Waals surface area contributed by atoms with E-state index in [9.17, 15) is 4.79 Å². The van der Waals surface area contributed by atoms with Gasteiger partial charge in [0.05, 0.1) is 5.56 Å². The fourth-order valence-corrected chi connectivity index (χ4v) is 2.17. The van der Waals surface area contributed by atoms with Gasteiger partial charge in [-0.15, -0.1) is 0 Å². The third kappa shape index (κ3) is 1.90. The van der Waals surface area contributed by atoms with E-state index in [1.54, 1.807) is 6.07 Å². The Labute approximate surface area is 96.2 Å². The van der Waals surface area contributed by atoms with Crippen molar-refractivity contribution in [3.63, 3.8) is 0 Å². The molecule has 86 valence electrons. The van der Waals surface area contributed by atoms with Crippen LogP contribution in [0.4, 0.5) is 5.69 Å². The molecule has 1 aromatic rings. The Hall–Kier alpha value is -1.51. The number of fused-ring (bicyclic) bond motifs is 1. The summed E-state index contributed by atoms with van der Waals surface area (Å²) in [5.74, 6) is 0.104. The summed E-state index contributed by atoms with van der Waals surface area (Å²) >= 11 is 0. The minimum absolute atomic E-state index is 0.104. The summed E-state index contributed by atoms with van der Waals surface area (Å²) in [5.41, 5.74) is 8.31. The number of nitrogens with two attached hydrogens (primary N) is 1. The fourth-order valence-electron chi connectivity index (χ4n) is 2.17. The standard InChI is InChI=1S/C13H18N2O/c1-2-3-8-15-9-7-10-5-4-6-11(14)12(10)13(15)16/h4-6H,2-3,7-9,14H2,1H3. The molecule has 0 saturated heterocycles. The van der Waals surface area contributed by atoms with Gasteiger partial charge in [-0.05, 0) is 24.5 Å². The van der Waals surface area contributed by atoms with Gasteiger partial charge in [-0.2, -0.15) is 0 Å². The third-order valence-electron chi connectivity index (χ3n) is 3.12. The number of amides is 1. The summed E-state index contributed by atoms with van der Waals surface area (Å²) in [5, 5.41) is 0. The third-order valence-corrected chi connectivity index (χ3v) is 3.12. The molecule has 3 heteroatoms. The Morgan fingerprint density at radius 1 is 1.44 bits per heavy atom. The molecule has 0 fully saturated rings. The lowest BCUT2D eigenvalue weighted by atomic mass is 9.97. The molecular weight excluding hydrogens is 200 g/mol. The number of hydrogen-bond donors (Lipinski definition) is 1. The molecule has 1 amide bonds. The van der Waals surface area contributed by atoms with Crippen LogP contribution in [0.2, 0.25) is 0 Å². The second-order valence-electron chi connectivity index (χ2n) is 4.28. The van der Waals surface area contributed by atoms with Gasteiger partial charge in [0.1, 0.15) is 0 Å². The van der Waals surface area contributed by atoms with Crippen LogP contribution in [0.15, 0.2) is 18.2 Å². The van der Waals surface area contributed by atoms with E-state index in [1.807, 2.05) is 17.0 Å². The highest BCUT2D eigenvalue weighted by molar-refractivity contribution is 6.01. The number of carbonyl (C=O) groups excluding carboxylic acids is 1. The molecule has 1 heterocycles. The average Bonchev–Trinajstić information content (AvgIpc) is 2.28. The Balaban J connectivity index is 2.24. The van der Waals surface area contributed by atoms with Crippen molar-refractivity contribution in [2.24, 2.45) is 0 Å². The maximum absolute atomic E-state index is 12.2. The number of anilines is 1. The number of benzene rings is 1. The normalized spacial score (nSPS) is 15.1. The van der Waals surface area contributed by atoms with Crippen molar-refractivity contribution in [1.29, 1.82) is 0 Å². The van der Waals surface area contributed by atoms with Gasteiger partial charge in [-0.3, -0.25) is 4.79 Å². The van der Waals surface area contributed by atoms with Crippen LogP contribution in [0.1, 0.15) is 35.7 Å². The lowest BCUT2D eigenvalue weighted by Crippen LogP contribution is -2.38. The number of nitrogens with zero attached hydrogens (tertiary/aromatic N) is 1. The quantitative estimate of drug-likeness (QED) is 0.789. The second kappa shape index (κ2) is 4.56. The first-order valence-electron chi connectivity index (χ1n) is 5.90. The van der Waals surface area contributed by atoms with Crippen LogP contribution in [-0.4, -0.2) is 23.9 Å². The molecule has 0 atom stereocenters. The van der Waals surface area contributed by atoms with E-state index in [0.29, 0.717) is 5.69 Å². The van der Waals surface area contributed by atoms with Gasteiger partial charge in [0.15, 0.2) is 0 Å². The highest BCUT2D eigenvalue weighted by Gasteiger charge is 2.25. The molecule has 3 nitrogen and oxygen atoms in total. The molecule has 0 bridgehead atoms. The van der Waals surface area contributed by atoms with E-state index in [2.05, 4.69) is 6.92 Å². The summed E-state index contributed by atoms with van der Waals surface area (Å²) in [6, 6.07) is 5.73. The number of carbonyl (C=O) groups is 1. The number of rotatable bonds is 3. The highest BCUT2D eigenvalue weighted by atomic mass is 16.2. The lowest BCUT2D eigenvalue weighted by Gasteiger charge is -2.29. The van der Waals surface area contributed by atoms with Crippen molar-refractivity contribution in [2.45, 2.75) is 26.2 Å². The molecule has 0 aliphatic carbocycles. The monoisotopic (exact) mass is 218 g/mol. The van der Waals surface area contributed by atoms with Crippen LogP contribution in [0.25, 0.3) is 0 Å². The molecular formula is C13H18N2O. The molecule has 16 heavy (non-hydrogen) atoms. The second-order valence-corrected chi connectivity index (χ2v) is 4.28. The van der Waals surface area contributed by atoms with Gasteiger partial charge in [0.2, 0.25) is 0 Å². The Kier molecular flexibility index (Phi) is 3.13. The van der Waals surface area contributed by atoms with Crippen molar-refractivity contribution in [2.75, 3.05) is 18.8 Å². The maximum Gasteiger partial charge on any atom is 0.256 e. The zero-order valence-corrected chi connectivity index (χ0v) is 9.70. The van der Waals surface area contributed by atoms with Crippen LogP contribution in [0.3, 0.4) is 0 Å². The molecule has 1 aliphatic rings. The minimum Gasteiger partial charge on any atom is -0.398 e. The minimum atomic E-state index is 0.104. The summed E-state index contributed by atoms with van der Waals surface area (Å²) in [4.78, 5) is 14.1. The fraction of sp³-hybridized carbons (Fsp3) is 0.462. The van der Waals surface area contributed by atoms with Crippen molar-refractivity contribution in [1.82, 2.24) is 4.90 Å². The van der Waals surface area contributed by atoms with Gasteiger partial charge in [0.25, 0.3) is 5.91 Å². The summed E-state index contributed by atoms with van der Waals surface area (Å²) in [7, 11) is 0. The molecule has 1 aliphatic heterocycles. The average molecular weight is 218 g/mol. The van der Waals surface area contributed by atoms with Gasteiger partial charge in [-0.1, -0.05) is 25.5 Å². The van der Waals surface area contributed by atoms with Crippen LogP contribution in [0, 0.1) is 0 Å². The van der Waals surface area contributed by atoms with E-state index in [-0.39, 0.29) is 5.91 Å². The molecule has 0 saturated carbocycles. The molecule has 0 unspecified atom stereocenters. The van der Waals surface area contributed by atoms with E-state index >= 15 is 0 Å². The van der Waals surface area contributed by atoms with E-state index in [1.165, 1.54) is 0 Å². The van der Waals surface area contributed by atoms with Gasteiger partial charge in [-0.25, -0.2) is 0 Å². The Morgan fingerprint density at radius 3 is 3.00 bits per heavy atom. The van der Waals surface area contributed by atoms with Crippen molar-refractivity contribution in [3.05, 3.63) is 29.3 Å². The van der Waals surface area contributed by atoms with Crippen molar-refractivity contribution in [3.8, 4) is 0 Å². The SMILES string of the molecule is CCCCN1CCc2cccc(N)c2C1=O. The lowest BCUT2D eigenvalue weighted by molar-refractivity contribution is 0.0739. The molecule has 0 radical (unpaired) electrons. The van der Waals surface area contributed by atoms with Crippen molar-refractivity contribution >= 4 is 11.6 Å². The van der Waals surface area contributed by atoms with E-state index in [4.69, 9.17) is 5.73 Å². The predicted molar refractivity (Wildman–Crippen MR) is 65.4 cm³/mol. The molecule has 2 N–H and O–H groups in total. The van der Waals surface area contributed by atoms with Crippen LogP contribution in [-0.2, 0) is 6.42 Å². The zero-order chi connectivity index (χ0) is 11.5. The first-order valence-corrected chi connectivity index (χ1v) is 5.90. The summed E-state index contributed by atoms with van der Waals surface area (Å²) in [6.07, 6.45) is 3.10. The number of unbranched alkanes of at least 4 members (excludes halogenated alkanes) is 1. The van der Waals surface area contributed by atoms with Crippen LogP contribution in [0.5, 0.6) is 0 Å². The first-order chi connectivity index (χ1) is 7.74. The topological polar surface area (TPSA) is 46.3 Å². The summed E-state index contributed by atoms with van der Waals surface area (Å²) in [6.45, 7) is 3.81. The van der Waals surface area contributed by atoms with E-state index in [0.717, 1.165) is 43.5 Å². The predicted octanol–water partition coefficient (Wildman–Crippen LogP) is 2.07. The number of nitrogen functional groups attached to an aromatic ring is 1. The highest BCUT2D eigenvalue weighted by Crippen LogP contribution is 2.24. The van der Waals surface area contributed by atoms with Crippen LogP contribution >= 0.6 is 0 Å². The molecule has 0 aromatic heterocycles. The Bertz CT molecular complexity index is 401. The summed E-state index contributed by atoms with van der Waals surface area (Å²) < 4.78 is 0. The molecule has 0 spiro atoms. The first kappa shape index (κ1) is 11.0. The Morgan fingerprint density at radius 2 is 2.25 bits per heavy atom. The van der Waals surface area contributed by atoms with Gasteiger partial charge in [0, 0.05) is 18.8 Å². The molecule has 1 aromatic carbocycles. The van der Waals surface area contributed by atoms with E-state index < -0.39 is 0 Å². The largest absolute Gasteiger partial charge is 0.398 e. The maximum atomic E-state index is 12.2. The zero-order valence-electron chi connectivity index (χ0n) is 9.70. The molecule has 2 rings (SSSR count). The van der Waals surface area contributed by atoms with Crippen molar-refractivity contribution < 1.29 is 4.79 Å². The van der Waals surface area contributed by atoms with Crippen LogP contribution < -0.4 is 5.73 Å².